The minimum absolute atomic E-state index is 0.589. The molecule has 0 N–H and O–H groups in total. The van der Waals surface area contributed by atoms with E-state index in [1.165, 1.54) is 17.6 Å². The zero-order valence-corrected chi connectivity index (χ0v) is 12.8. The van der Waals surface area contributed by atoms with Crippen molar-refractivity contribution in [1.29, 1.82) is 0 Å². The average molecular weight is 274 g/mol. The van der Waals surface area contributed by atoms with Gasteiger partial charge >= 0.3 is 0 Å². The quantitative estimate of drug-likeness (QED) is 0.557. The van der Waals surface area contributed by atoms with Crippen LogP contribution in [0.3, 0.4) is 0 Å². The van der Waals surface area contributed by atoms with E-state index in [2.05, 4.69) is 68.5 Å². The van der Waals surface area contributed by atoms with E-state index in [9.17, 15) is 0 Å². The third-order valence-corrected chi connectivity index (χ3v) is 5.40. The van der Waals surface area contributed by atoms with Gasteiger partial charge in [-0.3, -0.25) is 0 Å². The summed E-state index contributed by atoms with van der Waals surface area (Å²) in [5, 5.41) is 0. The lowest BCUT2D eigenvalue weighted by Gasteiger charge is -2.31. The van der Waals surface area contributed by atoms with E-state index in [0.717, 1.165) is 12.3 Å². The highest BCUT2D eigenvalue weighted by Gasteiger charge is 2.46. The molecule has 0 amide bonds. The van der Waals surface area contributed by atoms with Gasteiger partial charge in [-0.25, -0.2) is 0 Å². The summed E-state index contributed by atoms with van der Waals surface area (Å²) in [6, 6.07) is 0. The maximum Gasteiger partial charge on any atom is 0.00558 e. The highest BCUT2D eigenvalue weighted by molar-refractivity contribution is 5.79. The molecule has 0 fully saturated rings. The number of fused-ring (bicyclic) bond motifs is 2. The standard InChI is InChI=1S/C21H22/c1-3-16-14(2)17-11-7-9-15-8-5-4-6-10-19-20(16)21(19)18(17)13-12-15/h4-8,10-14,16-17H,3,9H2,1-2H3/b5-4?,6-4-,8-5-,10-6?,11-7?,13-12?,15-8?,15-12?,18-13?,19-10?. The first-order valence-electron chi connectivity index (χ1n) is 8.19. The van der Waals surface area contributed by atoms with Crippen LogP contribution in [0.4, 0.5) is 0 Å². The van der Waals surface area contributed by atoms with Gasteiger partial charge in [0.2, 0.25) is 0 Å². The molecule has 3 unspecified atom stereocenters. The second-order valence-electron chi connectivity index (χ2n) is 6.51. The maximum atomic E-state index is 2.46. The van der Waals surface area contributed by atoms with E-state index in [1.54, 1.807) is 16.7 Å². The molecule has 2 bridgehead atoms. The highest BCUT2D eigenvalue weighted by atomic mass is 14.5. The van der Waals surface area contributed by atoms with E-state index in [0.29, 0.717) is 11.8 Å². The van der Waals surface area contributed by atoms with Gasteiger partial charge in [0.25, 0.3) is 0 Å². The summed E-state index contributed by atoms with van der Waals surface area (Å²) in [6.45, 7) is 4.77. The van der Waals surface area contributed by atoms with Gasteiger partial charge in [0.05, 0.1) is 0 Å². The van der Waals surface area contributed by atoms with Crippen LogP contribution in [0.2, 0.25) is 0 Å². The van der Waals surface area contributed by atoms with Gasteiger partial charge in [-0.1, -0.05) is 68.5 Å². The Bertz CT molecular complexity index is 686. The number of hydrogen-bond donors (Lipinski definition) is 0. The van der Waals surface area contributed by atoms with Crippen LogP contribution in [0.25, 0.3) is 0 Å². The van der Waals surface area contributed by atoms with E-state index in [1.807, 2.05) is 0 Å². The fourth-order valence-electron chi connectivity index (χ4n) is 4.23. The Morgan fingerprint density at radius 3 is 2.86 bits per heavy atom. The summed E-state index contributed by atoms with van der Waals surface area (Å²) in [4.78, 5) is 0. The molecule has 4 aliphatic rings. The molecule has 0 aromatic carbocycles. The normalized spacial score (nSPS) is 35.9. The van der Waals surface area contributed by atoms with Crippen molar-refractivity contribution in [1.82, 2.24) is 0 Å². The van der Waals surface area contributed by atoms with Crippen LogP contribution in [-0.2, 0) is 0 Å². The monoisotopic (exact) mass is 274 g/mol. The first kappa shape index (κ1) is 12.9. The number of allylic oxidation sites excluding steroid dienone is 14. The topological polar surface area (TPSA) is 0 Å². The molecule has 0 nitrogen and oxygen atoms in total. The third-order valence-electron chi connectivity index (χ3n) is 5.40. The van der Waals surface area contributed by atoms with Gasteiger partial charge in [0.1, 0.15) is 0 Å². The molecular weight excluding hydrogens is 252 g/mol. The molecule has 0 heteroatoms. The van der Waals surface area contributed by atoms with Crippen molar-refractivity contribution < 1.29 is 0 Å². The first-order valence-corrected chi connectivity index (χ1v) is 8.19. The van der Waals surface area contributed by atoms with Crippen LogP contribution in [-0.4, -0.2) is 0 Å². The Hall–Kier alpha value is -1.82. The minimum Gasteiger partial charge on any atom is -0.0835 e. The van der Waals surface area contributed by atoms with Gasteiger partial charge < -0.3 is 0 Å². The predicted octanol–water partition coefficient (Wildman–Crippen LogP) is 5.45. The van der Waals surface area contributed by atoms with Crippen molar-refractivity contribution in [2.24, 2.45) is 17.8 Å². The van der Waals surface area contributed by atoms with Crippen LogP contribution >= 0.6 is 0 Å². The molecule has 0 aromatic heterocycles. The lowest BCUT2D eigenvalue weighted by atomic mass is 9.72. The summed E-state index contributed by atoms with van der Waals surface area (Å²) in [5.41, 5.74) is 7.66. The van der Waals surface area contributed by atoms with Crippen molar-refractivity contribution in [3.8, 4) is 0 Å². The van der Waals surface area contributed by atoms with Crippen LogP contribution in [0.15, 0.2) is 82.5 Å². The average Bonchev–Trinajstić information content (AvgIpc) is 3.15. The fourth-order valence-corrected chi connectivity index (χ4v) is 4.23. The van der Waals surface area contributed by atoms with Crippen LogP contribution in [0, 0.1) is 17.8 Å². The molecule has 3 atom stereocenters. The van der Waals surface area contributed by atoms with Crippen molar-refractivity contribution in [3.05, 3.63) is 82.5 Å². The molecule has 4 rings (SSSR count). The molecular formula is C21H22. The molecule has 4 aliphatic carbocycles. The summed E-state index contributed by atoms with van der Waals surface area (Å²) < 4.78 is 0. The van der Waals surface area contributed by atoms with Crippen molar-refractivity contribution in [2.45, 2.75) is 26.7 Å². The van der Waals surface area contributed by atoms with Gasteiger partial charge in [0, 0.05) is 5.92 Å². The summed E-state index contributed by atoms with van der Waals surface area (Å²) in [7, 11) is 0. The molecule has 106 valence electrons. The third kappa shape index (κ3) is 1.97. The maximum absolute atomic E-state index is 2.46. The molecule has 0 saturated heterocycles. The zero-order valence-electron chi connectivity index (χ0n) is 12.8. The largest absolute Gasteiger partial charge is 0.0835 e. The van der Waals surface area contributed by atoms with E-state index >= 15 is 0 Å². The van der Waals surface area contributed by atoms with Crippen molar-refractivity contribution in [2.75, 3.05) is 0 Å². The number of hydrogen-bond acceptors (Lipinski definition) is 0. The van der Waals surface area contributed by atoms with Gasteiger partial charge in [-0.2, -0.15) is 0 Å². The van der Waals surface area contributed by atoms with Gasteiger partial charge in [0.15, 0.2) is 0 Å². The zero-order chi connectivity index (χ0) is 14.4. The Morgan fingerprint density at radius 2 is 2.00 bits per heavy atom. The fraction of sp³-hybridized carbons (Fsp3) is 0.333. The molecule has 0 saturated carbocycles. The molecule has 0 aromatic rings. The second kappa shape index (κ2) is 4.87. The summed E-state index contributed by atoms with van der Waals surface area (Å²) >= 11 is 0. The van der Waals surface area contributed by atoms with Crippen molar-refractivity contribution >= 4 is 0 Å². The lowest BCUT2D eigenvalue weighted by molar-refractivity contribution is 0.344. The van der Waals surface area contributed by atoms with E-state index in [-0.39, 0.29) is 0 Å². The minimum atomic E-state index is 0.589. The Balaban J connectivity index is 1.91. The van der Waals surface area contributed by atoms with E-state index < -0.39 is 0 Å². The smallest absolute Gasteiger partial charge is 0.00558 e. The molecule has 0 radical (unpaired) electrons. The van der Waals surface area contributed by atoms with Crippen LogP contribution in [0.1, 0.15) is 26.7 Å². The highest BCUT2D eigenvalue weighted by Crippen LogP contribution is 2.59. The number of rotatable bonds is 1. The predicted molar refractivity (Wildman–Crippen MR) is 89.7 cm³/mol. The molecule has 0 heterocycles. The lowest BCUT2D eigenvalue weighted by Crippen LogP contribution is -2.23. The summed E-state index contributed by atoms with van der Waals surface area (Å²) in [6.07, 6.45) is 22.9. The SMILES string of the molecule is CCC1C2=C3C2=C/C=C\C=C/C2=CC=C3C(C=CC2)C1C. The van der Waals surface area contributed by atoms with Crippen LogP contribution < -0.4 is 0 Å². The Kier molecular flexibility index (Phi) is 2.99. The van der Waals surface area contributed by atoms with Gasteiger partial charge in [-0.15, -0.1) is 0 Å². The first-order chi connectivity index (χ1) is 10.3. The second-order valence-corrected chi connectivity index (χ2v) is 6.51. The Labute approximate surface area is 127 Å². The van der Waals surface area contributed by atoms with Crippen molar-refractivity contribution in [3.63, 3.8) is 0 Å². The molecule has 0 aliphatic heterocycles. The van der Waals surface area contributed by atoms with Gasteiger partial charge in [-0.05, 0) is 52.5 Å². The molecule has 0 spiro atoms. The van der Waals surface area contributed by atoms with Crippen LogP contribution in [0.5, 0.6) is 0 Å². The van der Waals surface area contributed by atoms with E-state index in [4.69, 9.17) is 0 Å². The Morgan fingerprint density at radius 1 is 1.10 bits per heavy atom. The molecule has 21 heavy (non-hydrogen) atoms. The summed E-state index contributed by atoms with van der Waals surface area (Å²) in [5.74, 6) is 2.03.